The molecule has 0 fully saturated rings. The van der Waals surface area contributed by atoms with Crippen molar-refractivity contribution in [2.24, 2.45) is 0 Å². The van der Waals surface area contributed by atoms with Gasteiger partial charge < -0.3 is 9.79 Å². The van der Waals surface area contributed by atoms with Crippen LogP contribution in [0, 0.1) is 0 Å². The predicted octanol–water partition coefficient (Wildman–Crippen LogP) is 0.341. The molecule has 0 aromatic rings. The molecule has 1 radical (unpaired) electrons. The van der Waals surface area contributed by atoms with Crippen LogP contribution >= 0.6 is 17.0 Å². The van der Waals surface area contributed by atoms with Crippen LogP contribution in [-0.2, 0) is 0 Å². The van der Waals surface area contributed by atoms with Gasteiger partial charge in [-0.25, -0.2) is 0 Å². The smallest absolute Gasteiger partial charge is 0.133 e. The van der Waals surface area contributed by atoms with Crippen LogP contribution in [0.3, 0.4) is 0 Å². The van der Waals surface area contributed by atoms with Gasteiger partial charge in [0.25, 0.3) is 0 Å². The summed E-state index contributed by atoms with van der Waals surface area (Å²) < 4.78 is 0. The van der Waals surface area contributed by atoms with Crippen LogP contribution in [0.2, 0.25) is 0 Å². The largest absolute Gasteiger partial charge is 0.370 e. The van der Waals surface area contributed by atoms with Gasteiger partial charge >= 0.3 is 0 Å². The van der Waals surface area contributed by atoms with E-state index in [2.05, 4.69) is 0 Å². The average Bonchev–Trinajstić information content (AvgIpc) is 1.37. The third-order valence-corrected chi connectivity index (χ3v) is 0.402. The molecule has 2 N–H and O–H groups in total. The monoisotopic (exact) mass is 97.0 g/mol. The standard InChI is InChI=1S/H3O2P2/c1-3-4-2/h1-3H. The quantitative estimate of drug-likeness (QED) is 0.463. The molecule has 0 rings (SSSR count). The van der Waals surface area contributed by atoms with Crippen molar-refractivity contribution in [1.29, 1.82) is 0 Å². The second-order valence-electron chi connectivity index (χ2n) is 0.200. The molecule has 0 aliphatic carbocycles. The number of hydrogen-bond acceptors (Lipinski definition) is 2. The van der Waals surface area contributed by atoms with Crippen LogP contribution in [0.4, 0.5) is 0 Å². The predicted molar refractivity (Wildman–Crippen MR) is 19.7 cm³/mol. The maximum atomic E-state index is 7.64. The van der Waals surface area contributed by atoms with Gasteiger partial charge in [-0.05, 0) is 0 Å². The van der Waals surface area contributed by atoms with E-state index in [1.807, 2.05) is 0 Å². The molecular formula is H3O2P2. The number of hydrogen-bond donors (Lipinski definition) is 2. The van der Waals surface area contributed by atoms with E-state index in [1.54, 1.807) is 0 Å². The lowest BCUT2D eigenvalue weighted by molar-refractivity contribution is 0.634. The van der Waals surface area contributed by atoms with Crippen LogP contribution < -0.4 is 0 Å². The van der Waals surface area contributed by atoms with Crippen molar-refractivity contribution >= 4 is 17.0 Å². The first kappa shape index (κ1) is 4.78. The molecule has 4 heteroatoms. The van der Waals surface area contributed by atoms with Crippen LogP contribution in [0.1, 0.15) is 0 Å². The highest BCUT2D eigenvalue weighted by atomic mass is 32.0. The summed E-state index contributed by atoms with van der Waals surface area (Å²) >= 11 is 0. The minimum atomic E-state index is -0.332. The second kappa shape index (κ2) is 3.78. The van der Waals surface area contributed by atoms with E-state index in [4.69, 9.17) is 9.79 Å². The van der Waals surface area contributed by atoms with Gasteiger partial charge in [0.2, 0.25) is 0 Å². The van der Waals surface area contributed by atoms with Gasteiger partial charge in [-0.15, -0.1) is 0 Å². The summed E-state index contributed by atoms with van der Waals surface area (Å²) in [5.74, 6) is 0. The first-order valence-electron chi connectivity index (χ1n) is 0.647. The van der Waals surface area contributed by atoms with Crippen molar-refractivity contribution in [3.63, 3.8) is 0 Å². The van der Waals surface area contributed by atoms with E-state index >= 15 is 0 Å². The lowest BCUT2D eigenvalue weighted by Crippen LogP contribution is -1.22. The summed E-state index contributed by atoms with van der Waals surface area (Å²) in [6.07, 6.45) is 0. The highest BCUT2D eigenvalue weighted by Crippen LogP contribution is 2.26. The van der Waals surface area contributed by atoms with Gasteiger partial charge in [0.15, 0.2) is 0 Å². The highest BCUT2D eigenvalue weighted by molar-refractivity contribution is 8.06. The topological polar surface area (TPSA) is 40.5 Å². The molecule has 25 valence electrons. The van der Waals surface area contributed by atoms with Gasteiger partial charge in [-0.2, -0.15) is 0 Å². The second-order valence-corrected chi connectivity index (χ2v) is 1.80. The van der Waals surface area contributed by atoms with Crippen LogP contribution in [-0.4, -0.2) is 9.79 Å². The zero-order valence-corrected chi connectivity index (χ0v) is 3.74. The zero-order chi connectivity index (χ0) is 3.41. The summed E-state index contributed by atoms with van der Waals surface area (Å²) in [6, 6.07) is 0. The lowest BCUT2D eigenvalue weighted by Gasteiger charge is -1.67. The molecule has 0 heterocycles. The summed E-state index contributed by atoms with van der Waals surface area (Å²) in [7, 11) is -0.250. The van der Waals surface area contributed by atoms with E-state index in [0.717, 1.165) is 0 Å². The minimum absolute atomic E-state index is 0.0818. The Labute approximate surface area is 27.9 Å². The van der Waals surface area contributed by atoms with Crippen molar-refractivity contribution in [2.75, 3.05) is 0 Å². The van der Waals surface area contributed by atoms with E-state index in [1.165, 1.54) is 0 Å². The molecule has 0 aromatic carbocycles. The Morgan fingerprint density at radius 3 is 2.00 bits per heavy atom. The Bertz CT molecular complexity index is 6.00. The molecule has 0 amide bonds. The van der Waals surface area contributed by atoms with Crippen LogP contribution in [0.25, 0.3) is 0 Å². The third-order valence-electron chi connectivity index (χ3n) is 0.0447. The Kier molecular flexibility index (Phi) is 4.52. The van der Waals surface area contributed by atoms with Gasteiger partial charge in [0, 0.05) is 0 Å². The lowest BCUT2D eigenvalue weighted by atomic mass is 15.9. The van der Waals surface area contributed by atoms with Crippen molar-refractivity contribution in [2.45, 2.75) is 0 Å². The Morgan fingerprint density at radius 2 is 2.00 bits per heavy atom. The van der Waals surface area contributed by atoms with E-state index < -0.39 is 0 Å². The summed E-state index contributed by atoms with van der Waals surface area (Å²) in [4.78, 5) is 15.2. The Balaban J connectivity index is 1.97. The fraction of sp³-hybridized carbons (Fsp3) is 0. The maximum absolute atomic E-state index is 7.64. The van der Waals surface area contributed by atoms with E-state index in [9.17, 15) is 0 Å². The first-order valence-corrected chi connectivity index (χ1v) is 3.28. The van der Waals surface area contributed by atoms with Gasteiger partial charge in [0.1, 0.15) is 8.50 Å². The molecule has 2 nitrogen and oxygen atoms in total. The van der Waals surface area contributed by atoms with Crippen LogP contribution in [0.15, 0.2) is 0 Å². The molecular weight excluding hydrogens is 93.9 g/mol. The molecule has 0 spiro atoms. The molecule has 0 saturated heterocycles. The fourth-order valence-electron chi connectivity index (χ4n) is 0. The van der Waals surface area contributed by atoms with Crippen molar-refractivity contribution in [3.05, 3.63) is 0 Å². The summed E-state index contributed by atoms with van der Waals surface area (Å²) in [6.45, 7) is 0. The molecule has 0 aliphatic rings. The maximum Gasteiger partial charge on any atom is 0.133 e. The molecule has 0 aliphatic heterocycles. The minimum Gasteiger partial charge on any atom is -0.370 e. The Morgan fingerprint density at radius 1 is 1.75 bits per heavy atom. The average molecular weight is 97.0 g/mol. The van der Waals surface area contributed by atoms with Crippen LogP contribution in [0.5, 0.6) is 0 Å². The molecule has 0 saturated carbocycles. The fourth-order valence-corrected chi connectivity index (χ4v) is 0. The van der Waals surface area contributed by atoms with E-state index in [-0.39, 0.29) is 17.0 Å². The molecule has 0 aromatic heterocycles. The van der Waals surface area contributed by atoms with Crippen molar-refractivity contribution < 1.29 is 9.79 Å². The molecule has 1 atom stereocenters. The summed E-state index contributed by atoms with van der Waals surface area (Å²) in [5, 5.41) is 0. The number of rotatable bonds is 1. The normalized spacial score (nSPS) is 13.5. The highest BCUT2D eigenvalue weighted by Gasteiger charge is 1.61. The van der Waals surface area contributed by atoms with Gasteiger partial charge in [-0.3, -0.25) is 0 Å². The van der Waals surface area contributed by atoms with Crippen molar-refractivity contribution in [1.82, 2.24) is 0 Å². The Hall–Kier alpha value is 0.780. The zero-order valence-electron chi connectivity index (χ0n) is 1.84. The van der Waals surface area contributed by atoms with Crippen molar-refractivity contribution in [3.8, 4) is 0 Å². The SMILES string of the molecule is O[P]PO. The molecule has 0 bridgehead atoms. The van der Waals surface area contributed by atoms with E-state index in [0.29, 0.717) is 0 Å². The van der Waals surface area contributed by atoms with Gasteiger partial charge in [0.05, 0.1) is 8.50 Å². The first-order chi connectivity index (χ1) is 1.91. The molecule has 1 unspecified atom stereocenters. The summed E-state index contributed by atoms with van der Waals surface area (Å²) in [5.41, 5.74) is 0. The third kappa shape index (κ3) is 2.78. The molecule has 4 heavy (non-hydrogen) atoms. The van der Waals surface area contributed by atoms with Gasteiger partial charge in [-0.1, -0.05) is 0 Å².